The molecule has 2 aromatic heterocycles. The number of nitrogens with one attached hydrogen (secondary N) is 2. The summed E-state index contributed by atoms with van der Waals surface area (Å²) in [5, 5.41) is 6.21. The number of fused-ring (bicyclic) bond motifs is 1. The summed E-state index contributed by atoms with van der Waals surface area (Å²) in [6, 6.07) is 17.1. The second kappa shape index (κ2) is 8.64. The molecule has 0 aliphatic carbocycles. The Bertz CT molecular complexity index is 1270. The van der Waals surface area contributed by atoms with Gasteiger partial charge in [0.2, 0.25) is 0 Å². The van der Waals surface area contributed by atoms with Gasteiger partial charge in [-0.05, 0) is 43.3 Å². The Morgan fingerprint density at radius 2 is 1.90 bits per heavy atom. The number of carbonyl (C=O) groups is 1. The maximum absolute atomic E-state index is 12.4. The van der Waals surface area contributed by atoms with Crippen LogP contribution < -0.4 is 16.2 Å². The molecule has 0 saturated carbocycles. The number of nitrogens with zero attached hydrogens (tertiary/aromatic N) is 2. The van der Waals surface area contributed by atoms with Gasteiger partial charge in [-0.2, -0.15) is 0 Å². The van der Waals surface area contributed by atoms with E-state index in [2.05, 4.69) is 15.6 Å². The van der Waals surface area contributed by atoms with Crippen LogP contribution in [0.4, 0.5) is 16.2 Å². The fraction of sp³-hybridized carbons (Fsp3) is 0.0952. The first kappa shape index (κ1) is 20.1. The lowest BCUT2D eigenvalue weighted by atomic mass is 10.3. The van der Waals surface area contributed by atoms with Gasteiger partial charge in [-0.15, -0.1) is 16.3 Å². The first-order chi connectivity index (χ1) is 14.5. The van der Waals surface area contributed by atoms with Crippen LogP contribution in [0.3, 0.4) is 0 Å². The third kappa shape index (κ3) is 4.67. The molecule has 2 amide bonds. The Hall–Kier alpha value is -3.23. The van der Waals surface area contributed by atoms with Crippen molar-refractivity contribution in [2.75, 3.05) is 10.6 Å². The van der Waals surface area contributed by atoms with E-state index in [-0.39, 0.29) is 11.6 Å². The van der Waals surface area contributed by atoms with Crippen LogP contribution in [0.1, 0.15) is 11.5 Å². The van der Waals surface area contributed by atoms with Crippen molar-refractivity contribution >= 4 is 46.4 Å². The van der Waals surface area contributed by atoms with E-state index in [9.17, 15) is 9.59 Å². The Morgan fingerprint density at radius 3 is 2.70 bits per heavy atom. The van der Waals surface area contributed by atoms with E-state index in [1.165, 1.54) is 22.4 Å². The smallest absolute Gasteiger partial charge is 0.323 e. The fourth-order valence-corrected chi connectivity index (χ4v) is 3.84. The largest absolute Gasteiger partial charge is 0.375 e. The molecule has 0 aliphatic rings. The van der Waals surface area contributed by atoms with Gasteiger partial charge in [0.15, 0.2) is 5.65 Å². The Kier molecular flexibility index (Phi) is 5.78. The number of thioether (sulfide) groups is 1. The summed E-state index contributed by atoms with van der Waals surface area (Å²) in [5.41, 5.74) is 2.13. The van der Waals surface area contributed by atoms with Crippen LogP contribution >= 0.6 is 23.4 Å². The third-order valence-corrected chi connectivity index (χ3v) is 5.50. The number of benzene rings is 2. The monoisotopic (exact) mass is 440 g/mol. The molecule has 7 nitrogen and oxygen atoms in total. The lowest BCUT2D eigenvalue weighted by Crippen LogP contribution is -2.19. The number of aromatic nitrogens is 2. The normalized spacial score (nSPS) is 10.9. The predicted molar refractivity (Wildman–Crippen MR) is 119 cm³/mol. The van der Waals surface area contributed by atoms with E-state index in [1.54, 1.807) is 37.3 Å². The van der Waals surface area contributed by atoms with Crippen molar-refractivity contribution < 1.29 is 9.32 Å². The lowest BCUT2D eigenvalue weighted by Gasteiger charge is -2.11. The van der Waals surface area contributed by atoms with Gasteiger partial charge in [0.25, 0.3) is 5.56 Å². The summed E-state index contributed by atoms with van der Waals surface area (Å²) >= 11 is 7.34. The number of carbonyl (C=O) groups excluding carboxylic acids is 1. The maximum Gasteiger partial charge on any atom is 0.323 e. The highest BCUT2D eigenvalue weighted by atomic mass is 35.5. The molecule has 9 heteroatoms. The number of anilines is 2. The van der Waals surface area contributed by atoms with Crippen molar-refractivity contribution in [1.82, 2.24) is 9.56 Å². The molecule has 0 saturated heterocycles. The summed E-state index contributed by atoms with van der Waals surface area (Å²) in [6.45, 7) is 1.76. The fourth-order valence-electron chi connectivity index (χ4n) is 2.81. The van der Waals surface area contributed by atoms with Crippen molar-refractivity contribution in [3.8, 4) is 0 Å². The van der Waals surface area contributed by atoms with Crippen molar-refractivity contribution in [2.24, 2.45) is 0 Å². The number of hydrogen-bond donors (Lipinski definition) is 2. The summed E-state index contributed by atoms with van der Waals surface area (Å²) in [4.78, 5) is 29.9. The molecule has 152 valence electrons. The van der Waals surface area contributed by atoms with Gasteiger partial charge in [0.1, 0.15) is 5.76 Å². The molecule has 2 aromatic carbocycles. The van der Waals surface area contributed by atoms with E-state index >= 15 is 0 Å². The standard InChI is InChI=1S/C21H17ClN4O3S/c1-13-10-19-23-16(11-20(27)26(19)29-13)12-30-18-5-3-2-4-17(18)25-21(28)24-15-8-6-14(22)7-9-15/h2-11H,12H2,1H3,(H2,24,25,28). The van der Waals surface area contributed by atoms with Crippen LogP contribution in [0.5, 0.6) is 0 Å². The molecule has 4 aromatic rings. The SMILES string of the molecule is Cc1cc2nc(CSc3ccccc3NC(=O)Nc3ccc(Cl)cc3)cc(=O)n2o1. The molecule has 4 rings (SSSR count). The van der Waals surface area contributed by atoms with Gasteiger partial charge in [0.05, 0.1) is 11.4 Å². The minimum atomic E-state index is -0.364. The summed E-state index contributed by atoms with van der Waals surface area (Å²) < 4.78 is 6.47. The van der Waals surface area contributed by atoms with E-state index < -0.39 is 0 Å². The summed E-state index contributed by atoms with van der Waals surface area (Å²) in [5.74, 6) is 1.08. The minimum absolute atomic E-state index is 0.266. The number of aryl methyl sites for hydroxylation is 1. The van der Waals surface area contributed by atoms with Crippen LogP contribution in [-0.4, -0.2) is 15.6 Å². The number of hydrogen-bond acceptors (Lipinski definition) is 5. The van der Waals surface area contributed by atoms with Crippen molar-refractivity contribution in [1.29, 1.82) is 0 Å². The van der Waals surface area contributed by atoms with Crippen molar-refractivity contribution in [2.45, 2.75) is 17.6 Å². The predicted octanol–water partition coefficient (Wildman–Crippen LogP) is 5.19. The summed E-state index contributed by atoms with van der Waals surface area (Å²) in [7, 11) is 0. The molecular weight excluding hydrogens is 424 g/mol. The van der Waals surface area contributed by atoms with Gasteiger partial charge >= 0.3 is 6.03 Å². The third-order valence-electron chi connectivity index (χ3n) is 4.14. The molecule has 0 aliphatic heterocycles. The quantitative estimate of drug-likeness (QED) is 0.417. The molecule has 0 radical (unpaired) electrons. The molecule has 30 heavy (non-hydrogen) atoms. The van der Waals surface area contributed by atoms with Crippen LogP contribution in [0.15, 0.2) is 74.9 Å². The summed E-state index contributed by atoms with van der Waals surface area (Å²) in [6.07, 6.45) is 0. The highest BCUT2D eigenvalue weighted by Gasteiger charge is 2.10. The van der Waals surface area contributed by atoms with Gasteiger partial charge in [0, 0.05) is 33.5 Å². The van der Waals surface area contributed by atoms with Crippen molar-refractivity contribution in [3.63, 3.8) is 0 Å². The van der Waals surface area contributed by atoms with Gasteiger partial charge in [-0.3, -0.25) is 4.79 Å². The first-order valence-corrected chi connectivity index (χ1v) is 10.4. The Morgan fingerprint density at radius 1 is 1.13 bits per heavy atom. The minimum Gasteiger partial charge on any atom is -0.375 e. The Balaban J connectivity index is 1.46. The van der Waals surface area contributed by atoms with Gasteiger partial charge in [-0.1, -0.05) is 23.7 Å². The zero-order valence-corrected chi connectivity index (χ0v) is 17.5. The van der Waals surface area contributed by atoms with E-state index in [4.69, 9.17) is 16.1 Å². The van der Waals surface area contributed by atoms with E-state index in [1.807, 2.05) is 24.3 Å². The van der Waals surface area contributed by atoms with Crippen LogP contribution in [0.25, 0.3) is 5.65 Å². The highest BCUT2D eigenvalue weighted by molar-refractivity contribution is 7.98. The number of rotatable bonds is 5. The zero-order valence-electron chi connectivity index (χ0n) is 15.9. The molecule has 2 heterocycles. The van der Waals surface area contributed by atoms with Crippen molar-refractivity contribution in [3.05, 3.63) is 87.5 Å². The molecule has 2 N–H and O–H groups in total. The number of halogens is 1. The molecule has 0 bridgehead atoms. The second-order valence-electron chi connectivity index (χ2n) is 6.46. The number of para-hydroxylation sites is 1. The van der Waals surface area contributed by atoms with Gasteiger partial charge < -0.3 is 15.2 Å². The maximum atomic E-state index is 12.4. The average Bonchev–Trinajstić information content (AvgIpc) is 3.10. The van der Waals surface area contributed by atoms with E-state index in [0.717, 1.165) is 4.90 Å². The number of amides is 2. The van der Waals surface area contributed by atoms with E-state index in [0.29, 0.717) is 39.3 Å². The highest BCUT2D eigenvalue weighted by Crippen LogP contribution is 2.29. The first-order valence-electron chi connectivity index (χ1n) is 9.03. The Labute approximate surface area is 181 Å². The zero-order chi connectivity index (χ0) is 21.1. The molecular formula is C21H17ClN4O3S. The van der Waals surface area contributed by atoms with Gasteiger partial charge in [-0.25, -0.2) is 9.78 Å². The number of urea groups is 1. The van der Waals surface area contributed by atoms with Crippen LogP contribution in [0.2, 0.25) is 5.02 Å². The molecule has 0 fully saturated rings. The second-order valence-corrected chi connectivity index (χ2v) is 7.91. The average molecular weight is 441 g/mol. The lowest BCUT2D eigenvalue weighted by molar-refractivity contribution is 0.262. The molecule has 0 spiro atoms. The van der Waals surface area contributed by atoms with Crippen LogP contribution in [0, 0.1) is 6.92 Å². The van der Waals surface area contributed by atoms with Crippen LogP contribution in [-0.2, 0) is 5.75 Å². The molecule has 0 unspecified atom stereocenters. The topological polar surface area (TPSA) is 88.6 Å². The molecule has 0 atom stereocenters.